The number of anilines is 5. The van der Waals surface area contributed by atoms with E-state index in [1.165, 1.54) is 61.8 Å². The van der Waals surface area contributed by atoms with Crippen LogP contribution in [0.2, 0.25) is 0 Å². The topological polar surface area (TPSA) is 18.5 Å². The van der Waals surface area contributed by atoms with Crippen LogP contribution in [-0.2, 0) is 0 Å². The van der Waals surface area contributed by atoms with Crippen molar-refractivity contribution in [1.82, 2.24) is 0 Å². The van der Waals surface area contributed by atoms with E-state index in [1.807, 2.05) is 0 Å². The highest BCUT2D eigenvalue weighted by molar-refractivity contribution is 5.98. The summed E-state index contributed by atoms with van der Waals surface area (Å²) in [5.41, 5.74) is 9.60. The summed E-state index contributed by atoms with van der Waals surface area (Å²) < 4.78 is 0. The lowest BCUT2D eigenvalue weighted by Gasteiger charge is -2.24. The molecule has 0 aliphatic carbocycles. The van der Waals surface area contributed by atoms with E-state index < -0.39 is 0 Å². The Labute approximate surface area is 268 Å². The third-order valence-electron chi connectivity index (χ3n) is 8.46. The van der Waals surface area contributed by atoms with Gasteiger partial charge in [0.25, 0.3) is 0 Å². The van der Waals surface area contributed by atoms with E-state index in [1.54, 1.807) is 0 Å². The molecular formula is C42H42N3+. The molecule has 6 rings (SSSR count). The van der Waals surface area contributed by atoms with Gasteiger partial charge in [-0.25, -0.2) is 0 Å². The smallest absolute Gasteiger partial charge is 0.0638 e. The van der Waals surface area contributed by atoms with E-state index in [0.717, 1.165) is 26.1 Å². The van der Waals surface area contributed by atoms with Gasteiger partial charge >= 0.3 is 0 Å². The van der Waals surface area contributed by atoms with Crippen LogP contribution >= 0.6 is 0 Å². The summed E-state index contributed by atoms with van der Waals surface area (Å²) in [7, 11) is 0. The van der Waals surface area contributed by atoms with Crippen LogP contribution in [0.25, 0.3) is 10.8 Å². The number of rotatable bonds is 12. The van der Waals surface area contributed by atoms with E-state index in [-0.39, 0.29) is 0 Å². The summed E-state index contributed by atoms with van der Waals surface area (Å²) >= 11 is 0. The summed E-state index contributed by atoms with van der Waals surface area (Å²) in [6.45, 7) is 9.36. The van der Waals surface area contributed by atoms with Gasteiger partial charge in [0.15, 0.2) is 0 Å². The fourth-order valence-corrected chi connectivity index (χ4v) is 6.27. The summed E-state index contributed by atoms with van der Waals surface area (Å²) in [6.07, 6.45) is 1.08. The minimum absolute atomic E-state index is 0.896. The van der Waals surface area contributed by atoms with Crippen molar-refractivity contribution in [3.05, 3.63) is 168 Å². The van der Waals surface area contributed by atoms with E-state index in [0.29, 0.717) is 0 Å². The van der Waals surface area contributed by atoms with Crippen LogP contribution in [-0.4, -0.2) is 19.6 Å². The number of benzene rings is 6. The molecule has 0 fully saturated rings. The predicted octanol–water partition coefficient (Wildman–Crippen LogP) is 11.0. The Morgan fingerprint density at radius 3 is 1.38 bits per heavy atom. The average Bonchev–Trinajstić information content (AvgIpc) is 3.11. The van der Waals surface area contributed by atoms with E-state index >= 15 is 0 Å². The minimum atomic E-state index is 0.896. The highest BCUT2D eigenvalue weighted by Gasteiger charge is 2.26. The second-order valence-electron chi connectivity index (χ2n) is 11.3. The van der Waals surface area contributed by atoms with Crippen molar-refractivity contribution in [2.24, 2.45) is 0 Å². The highest BCUT2D eigenvalue weighted by atomic mass is 15.1. The second-order valence-corrected chi connectivity index (χ2v) is 11.3. The number of nitrogens with one attached hydrogen (secondary N) is 1. The first-order valence-electron chi connectivity index (χ1n) is 16.2. The molecule has 0 aromatic heterocycles. The van der Waals surface area contributed by atoms with Crippen LogP contribution in [0.4, 0.5) is 28.4 Å². The lowest BCUT2D eigenvalue weighted by Crippen LogP contribution is -2.16. The minimum Gasteiger partial charge on any atom is -0.384 e. The maximum absolute atomic E-state index is 3.65. The van der Waals surface area contributed by atoms with Gasteiger partial charge in [0.05, 0.1) is 39.7 Å². The van der Waals surface area contributed by atoms with Gasteiger partial charge in [-0.3, -0.25) is 0 Å². The Bertz CT molecular complexity index is 1700. The highest BCUT2D eigenvalue weighted by Crippen LogP contribution is 2.39. The maximum Gasteiger partial charge on any atom is 0.0638 e. The van der Waals surface area contributed by atoms with E-state index in [2.05, 4.69) is 181 Å². The zero-order valence-electron chi connectivity index (χ0n) is 26.6. The van der Waals surface area contributed by atoms with Crippen molar-refractivity contribution >= 4 is 39.2 Å². The molecule has 224 valence electrons. The first-order chi connectivity index (χ1) is 22.2. The Balaban J connectivity index is 1.44. The maximum atomic E-state index is 3.65. The first kappa shape index (κ1) is 29.9. The lowest BCUT2D eigenvalue weighted by atomic mass is 9.82. The van der Waals surface area contributed by atoms with Gasteiger partial charge in [-0.1, -0.05) is 55.5 Å². The van der Waals surface area contributed by atoms with Crippen molar-refractivity contribution < 1.29 is 0 Å². The van der Waals surface area contributed by atoms with Gasteiger partial charge in [-0.05, 0) is 117 Å². The third-order valence-corrected chi connectivity index (χ3v) is 8.46. The SMILES string of the molecule is CCCNc1ccc([C+](c2ccc(N(CC)c3ccccc3)cc2)c2ccc(N(CC)c3ccccc3)cc2)c2ccccc12. The van der Waals surface area contributed by atoms with Crippen molar-refractivity contribution in [2.75, 3.05) is 34.8 Å². The number of hydrogen-bond acceptors (Lipinski definition) is 3. The molecular weight excluding hydrogens is 546 g/mol. The van der Waals surface area contributed by atoms with Crippen molar-refractivity contribution in [2.45, 2.75) is 27.2 Å². The standard InChI is InChI=1S/C42H42N3/c1-4-31-43-41-30-29-40(38-19-13-14-20-39(38)41)42(32-21-25-36(26-22-32)44(5-2)34-15-9-7-10-16-34)33-23-27-37(28-24-33)45(6-3)35-17-11-8-12-18-35/h7-30,43H,4-6,31H2,1-3H3/q+1. The average molecular weight is 589 g/mol. The van der Waals surface area contributed by atoms with Gasteiger partial charge in [0.1, 0.15) is 0 Å². The largest absolute Gasteiger partial charge is 0.384 e. The normalized spacial score (nSPS) is 10.9. The molecule has 0 aliphatic heterocycles. The van der Waals surface area contributed by atoms with E-state index in [4.69, 9.17) is 0 Å². The fourth-order valence-electron chi connectivity index (χ4n) is 6.27. The van der Waals surface area contributed by atoms with Crippen LogP contribution < -0.4 is 15.1 Å². The van der Waals surface area contributed by atoms with Gasteiger partial charge in [0.2, 0.25) is 0 Å². The number of para-hydroxylation sites is 2. The van der Waals surface area contributed by atoms with Crippen molar-refractivity contribution in [3.8, 4) is 0 Å². The van der Waals surface area contributed by atoms with Crippen molar-refractivity contribution in [3.63, 3.8) is 0 Å². The molecule has 3 nitrogen and oxygen atoms in total. The summed E-state index contributed by atoms with van der Waals surface area (Å²) in [4.78, 5) is 4.70. The second kappa shape index (κ2) is 14.1. The monoisotopic (exact) mass is 588 g/mol. The number of fused-ring (bicyclic) bond motifs is 1. The zero-order valence-corrected chi connectivity index (χ0v) is 26.6. The van der Waals surface area contributed by atoms with Gasteiger partial charge in [0, 0.05) is 41.8 Å². The molecule has 1 N–H and O–H groups in total. The number of nitrogens with zero attached hydrogens (tertiary/aromatic N) is 2. The van der Waals surface area contributed by atoms with Gasteiger partial charge in [-0.2, -0.15) is 0 Å². The fraction of sp³-hybridized carbons (Fsp3) is 0.167. The summed E-state index contributed by atoms with van der Waals surface area (Å²) in [5, 5.41) is 6.14. The van der Waals surface area contributed by atoms with Crippen LogP contribution in [0.1, 0.15) is 43.9 Å². The molecule has 0 saturated carbocycles. The third kappa shape index (κ3) is 6.39. The Hall–Kier alpha value is -5.15. The molecule has 0 atom stereocenters. The Kier molecular flexibility index (Phi) is 9.36. The molecule has 0 radical (unpaired) electrons. The predicted molar refractivity (Wildman–Crippen MR) is 194 cm³/mol. The summed E-state index contributed by atoms with van der Waals surface area (Å²) in [5.74, 6) is 1.23. The molecule has 6 aromatic rings. The van der Waals surface area contributed by atoms with Gasteiger partial charge in [-0.15, -0.1) is 0 Å². The molecule has 0 spiro atoms. The molecule has 6 aromatic carbocycles. The molecule has 0 bridgehead atoms. The van der Waals surface area contributed by atoms with Crippen LogP contribution in [0.15, 0.2) is 146 Å². The molecule has 0 aliphatic rings. The van der Waals surface area contributed by atoms with E-state index in [9.17, 15) is 0 Å². The molecule has 0 unspecified atom stereocenters. The first-order valence-corrected chi connectivity index (χ1v) is 16.2. The molecule has 0 saturated heterocycles. The van der Waals surface area contributed by atoms with Crippen LogP contribution in [0, 0.1) is 5.92 Å². The van der Waals surface area contributed by atoms with Crippen LogP contribution in [0.5, 0.6) is 0 Å². The molecule has 45 heavy (non-hydrogen) atoms. The van der Waals surface area contributed by atoms with Crippen LogP contribution in [0.3, 0.4) is 0 Å². The molecule has 0 heterocycles. The van der Waals surface area contributed by atoms with Gasteiger partial charge < -0.3 is 15.1 Å². The van der Waals surface area contributed by atoms with Crippen molar-refractivity contribution in [1.29, 1.82) is 0 Å². The Morgan fingerprint density at radius 1 is 0.467 bits per heavy atom. The lowest BCUT2D eigenvalue weighted by molar-refractivity contribution is 0.981. The summed E-state index contributed by atoms with van der Waals surface area (Å²) in [6, 6.07) is 52.7. The number of hydrogen-bond donors (Lipinski definition) is 1. The molecule has 0 amide bonds. The molecule has 3 heteroatoms. The quantitative estimate of drug-likeness (QED) is 0.113. The Morgan fingerprint density at radius 2 is 0.911 bits per heavy atom. The zero-order chi connectivity index (χ0) is 31.0.